The van der Waals surface area contributed by atoms with E-state index in [1.165, 1.54) is 11.3 Å². The molecular formula is C12H14N4O2S. The Balaban J connectivity index is 2.27. The van der Waals surface area contributed by atoms with Gasteiger partial charge < -0.3 is 15.8 Å². The Morgan fingerprint density at radius 2 is 2.26 bits per heavy atom. The largest absolute Gasteiger partial charge is 0.477 e. The summed E-state index contributed by atoms with van der Waals surface area (Å²) in [6.07, 6.45) is 0. The normalized spacial score (nSPS) is 10.2. The van der Waals surface area contributed by atoms with E-state index in [0.29, 0.717) is 12.4 Å². The molecule has 7 heteroatoms. The van der Waals surface area contributed by atoms with E-state index in [0.717, 1.165) is 10.8 Å². The van der Waals surface area contributed by atoms with Gasteiger partial charge in [-0.05, 0) is 26.0 Å². The van der Waals surface area contributed by atoms with Crippen molar-refractivity contribution in [3.05, 3.63) is 28.8 Å². The van der Waals surface area contributed by atoms with E-state index in [4.69, 9.17) is 10.5 Å². The maximum Gasteiger partial charge on any atom is 0.254 e. The van der Waals surface area contributed by atoms with Crippen LogP contribution in [-0.2, 0) is 0 Å². The van der Waals surface area contributed by atoms with E-state index in [1.54, 1.807) is 12.1 Å². The zero-order valence-electron chi connectivity index (χ0n) is 10.6. The van der Waals surface area contributed by atoms with Crippen LogP contribution in [-0.4, -0.2) is 22.5 Å². The first-order valence-electron chi connectivity index (χ1n) is 5.73. The van der Waals surface area contributed by atoms with Crippen molar-refractivity contribution in [2.75, 3.05) is 11.9 Å². The molecule has 1 amide bonds. The third kappa shape index (κ3) is 3.19. The number of nitrogens with two attached hydrogens (primary N) is 1. The number of amides is 1. The van der Waals surface area contributed by atoms with Crippen LogP contribution < -0.4 is 15.8 Å². The molecule has 0 radical (unpaired) electrons. The zero-order valence-corrected chi connectivity index (χ0v) is 11.5. The molecule has 0 unspecified atom stereocenters. The summed E-state index contributed by atoms with van der Waals surface area (Å²) in [7, 11) is 0. The second kappa shape index (κ2) is 5.66. The number of hydrogen-bond acceptors (Lipinski definition) is 6. The van der Waals surface area contributed by atoms with Gasteiger partial charge in [0.1, 0.15) is 11.4 Å². The fraction of sp³-hybridized carbons (Fsp3) is 0.250. The summed E-state index contributed by atoms with van der Waals surface area (Å²) in [6.45, 7) is 4.14. The minimum Gasteiger partial charge on any atom is -0.477 e. The Morgan fingerprint density at radius 1 is 1.47 bits per heavy atom. The first kappa shape index (κ1) is 13.3. The van der Waals surface area contributed by atoms with Crippen LogP contribution in [0.3, 0.4) is 0 Å². The molecule has 0 aliphatic rings. The lowest BCUT2D eigenvalue weighted by Gasteiger charge is -2.09. The van der Waals surface area contributed by atoms with E-state index in [9.17, 15) is 4.79 Å². The van der Waals surface area contributed by atoms with E-state index < -0.39 is 5.91 Å². The van der Waals surface area contributed by atoms with Crippen molar-refractivity contribution in [3.63, 3.8) is 0 Å². The lowest BCUT2D eigenvalue weighted by molar-refractivity contribution is 0.0996. The molecule has 2 heterocycles. The standard InChI is InChI=1S/C12H14N4O2S/c1-3-18-11-8(10(13)17)4-5-9(15-11)16-12-14-7(2)6-19-12/h4-6H,3H2,1-2H3,(H2,13,17)(H,14,15,16). The summed E-state index contributed by atoms with van der Waals surface area (Å²) in [5.74, 6) is 0.226. The van der Waals surface area contributed by atoms with E-state index >= 15 is 0 Å². The van der Waals surface area contributed by atoms with E-state index in [-0.39, 0.29) is 11.4 Å². The number of nitrogens with zero attached hydrogens (tertiary/aromatic N) is 2. The summed E-state index contributed by atoms with van der Waals surface area (Å²) >= 11 is 1.48. The molecule has 2 rings (SSSR count). The van der Waals surface area contributed by atoms with Crippen molar-refractivity contribution in [2.24, 2.45) is 5.73 Å². The number of rotatable bonds is 5. The van der Waals surface area contributed by atoms with Crippen LogP contribution >= 0.6 is 11.3 Å². The number of carbonyl (C=O) groups excluding carboxylic acids is 1. The fourth-order valence-corrected chi connectivity index (χ4v) is 2.16. The van der Waals surface area contributed by atoms with Crippen LogP contribution in [0.15, 0.2) is 17.5 Å². The van der Waals surface area contributed by atoms with Gasteiger partial charge in [0.2, 0.25) is 5.88 Å². The highest BCUT2D eigenvalue weighted by Gasteiger charge is 2.12. The number of ether oxygens (including phenoxy) is 1. The maximum absolute atomic E-state index is 11.2. The second-order valence-electron chi connectivity index (χ2n) is 3.77. The number of hydrogen-bond donors (Lipinski definition) is 2. The summed E-state index contributed by atoms with van der Waals surface area (Å²) in [5.41, 5.74) is 6.46. The number of aryl methyl sites for hydroxylation is 1. The van der Waals surface area contributed by atoms with Crippen molar-refractivity contribution in [1.29, 1.82) is 0 Å². The van der Waals surface area contributed by atoms with Gasteiger partial charge in [-0.1, -0.05) is 0 Å². The number of nitrogens with one attached hydrogen (secondary N) is 1. The highest BCUT2D eigenvalue weighted by molar-refractivity contribution is 7.13. The van der Waals surface area contributed by atoms with Gasteiger partial charge in [0.25, 0.3) is 5.91 Å². The average Bonchev–Trinajstić information content (AvgIpc) is 2.75. The Bertz CT molecular complexity index is 597. The monoisotopic (exact) mass is 278 g/mol. The van der Waals surface area contributed by atoms with Crippen molar-refractivity contribution in [2.45, 2.75) is 13.8 Å². The summed E-state index contributed by atoms with van der Waals surface area (Å²) in [4.78, 5) is 19.7. The lowest BCUT2D eigenvalue weighted by atomic mass is 10.2. The fourth-order valence-electron chi connectivity index (χ4n) is 1.47. The second-order valence-corrected chi connectivity index (χ2v) is 4.62. The van der Waals surface area contributed by atoms with Crippen molar-refractivity contribution < 1.29 is 9.53 Å². The maximum atomic E-state index is 11.2. The predicted molar refractivity (Wildman–Crippen MR) is 74.1 cm³/mol. The van der Waals surface area contributed by atoms with Crippen LogP contribution in [0, 0.1) is 6.92 Å². The average molecular weight is 278 g/mol. The van der Waals surface area contributed by atoms with Gasteiger partial charge in [-0.15, -0.1) is 11.3 Å². The molecule has 0 atom stereocenters. The number of primary amides is 1. The molecule has 0 saturated heterocycles. The lowest BCUT2D eigenvalue weighted by Crippen LogP contribution is -2.14. The van der Waals surface area contributed by atoms with Gasteiger partial charge in [-0.25, -0.2) is 4.98 Å². The minimum absolute atomic E-state index is 0.230. The van der Waals surface area contributed by atoms with E-state index in [2.05, 4.69) is 15.3 Å². The van der Waals surface area contributed by atoms with Crippen LogP contribution in [0.25, 0.3) is 0 Å². The van der Waals surface area contributed by atoms with Crippen molar-refractivity contribution >= 4 is 28.2 Å². The molecule has 2 aromatic heterocycles. The predicted octanol–water partition coefficient (Wildman–Crippen LogP) is 2.09. The molecule has 0 saturated carbocycles. The zero-order chi connectivity index (χ0) is 13.8. The Morgan fingerprint density at radius 3 is 2.84 bits per heavy atom. The third-order valence-corrected chi connectivity index (χ3v) is 3.14. The van der Waals surface area contributed by atoms with Crippen molar-refractivity contribution in [3.8, 4) is 5.88 Å². The molecule has 0 aromatic carbocycles. The smallest absolute Gasteiger partial charge is 0.254 e. The molecule has 0 fully saturated rings. The Hall–Kier alpha value is -2.15. The quantitative estimate of drug-likeness (QED) is 0.874. The molecule has 3 N–H and O–H groups in total. The van der Waals surface area contributed by atoms with Gasteiger partial charge >= 0.3 is 0 Å². The summed E-state index contributed by atoms with van der Waals surface area (Å²) in [5, 5.41) is 5.72. The van der Waals surface area contributed by atoms with Gasteiger partial charge in [0.05, 0.1) is 12.3 Å². The van der Waals surface area contributed by atoms with Crippen molar-refractivity contribution in [1.82, 2.24) is 9.97 Å². The molecule has 0 aliphatic heterocycles. The topological polar surface area (TPSA) is 90.1 Å². The molecule has 0 spiro atoms. The molecule has 0 bridgehead atoms. The highest BCUT2D eigenvalue weighted by Crippen LogP contribution is 2.23. The number of thiazole rings is 1. The van der Waals surface area contributed by atoms with Crippen LogP contribution in [0.4, 0.5) is 10.9 Å². The van der Waals surface area contributed by atoms with Gasteiger partial charge in [0, 0.05) is 5.38 Å². The molecule has 0 aliphatic carbocycles. The van der Waals surface area contributed by atoms with Gasteiger partial charge in [0.15, 0.2) is 5.13 Å². The molecule has 100 valence electrons. The SMILES string of the molecule is CCOc1nc(Nc2nc(C)cs2)ccc1C(N)=O. The number of pyridine rings is 1. The van der Waals surface area contributed by atoms with Gasteiger partial charge in [-0.2, -0.15) is 4.98 Å². The van der Waals surface area contributed by atoms with Gasteiger partial charge in [-0.3, -0.25) is 4.79 Å². The summed E-state index contributed by atoms with van der Waals surface area (Å²) in [6, 6.07) is 3.25. The number of anilines is 2. The molecule has 6 nitrogen and oxygen atoms in total. The number of aromatic nitrogens is 2. The molecule has 19 heavy (non-hydrogen) atoms. The van der Waals surface area contributed by atoms with E-state index in [1.807, 2.05) is 19.2 Å². The van der Waals surface area contributed by atoms with Crippen LogP contribution in [0.5, 0.6) is 5.88 Å². The first-order chi connectivity index (χ1) is 9.10. The highest BCUT2D eigenvalue weighted by atomic mass is 32.1. The summed E-state index contributed by atoms with van der Waals surface area (Å²) < 4.78 is 5.31. The van der Waals surface area contributed by atoms with Crippen LogP contribution in [0.1, 0.15) is 23.0 Å². The third-order valence-electron chi connectivity index (χ3n) is 2.26. The van der Waals surface area contributed by atoms with Crippen LogP contribution in [0.2, 0.25) is 0 Å². The molecule has 2 aromatic rings. The first-order valence-corrected chi connectivity index (χ1v) is 6.61. The minimum atomic E-state index is -0.562. The Kier molecular flexibility index (Phi) is 3.96. The Labute approximate surface area is 114 Å². The number of carbonyl (C=O) groups is 1. The molecular weight excluding hydrogens is 264 g/mol.